The Morgan fingerprint density at radius 3 is 3.07 bits per heavy atom. The van der Waals surface area contributed by atoms with Crippen LogP contribution in [0.15, 0.2) is 18.3 Å². The van der Waals surface area contributed by atoms with Crippen molar-refractivity contribution in [2.45, 2.75) is 25.3 Å². The summed E-state index contributed by atoms with van der Waals surface area (Å²) in [5, 5.41) is 1.66. The number of carbonyl (C=O) groups is 1. The fourth-order valence-electron chi connectivity index (χ4n) is 1.90. The summed E-state index contributed by atoms with van der Waals surface area (Å²) in [6.07, 6.45) is 4.81. The molecule has 0 amide bonds. The Kier molecular flexibility index (Phi) is 2.65. The summed E-state index contributed by atoms with van der Waals surface area (Å²) in [6, 6.07) is 3.49. The Labute approximate surface area is 83.1 Å². The number of nitrogens with zero attached hydrogens (tertiary/aromatic N) is 1. The molecule has 1 aromatic rings. The second-order valence-corrected chi connectivity index (χ2v) is 3.70. The highest BCUT2D eigenvalue weighted by molar-refractivity contribution is 5.98. The number of hydrogen-bond donors (Lipinski definition) is 2. The van der Waals surface area contributed by atoms with Crippen molar-refractivity contribution >= 4 is 5.78 Å². The van der Waals surface area contributed by atoms with Gasteiger partial charge in [0.15, 0.2) is 5.78 Å². The van der Waals surface area contributed by atoms with Gasteiger partial charge < -0.3 is 4.98 Å². The third-order valence-electron chi connectivity index (χ3n) is 2.71. The van der Waals surface area contributed by atoms with E-state index in [1.165, 1.54) is 0 Å². The van der Waals surface area contributed by atoms with Crippen molar-refractivity contribution in [3.63, 3.8) is 0 Å². The fourth-order valence-corrected chi connectivity index (χ4v) is 1.90. The molecule has 0 saturated carbocycles. The van der Waals surface area contributed by atoms with Gasteiger partial charge >= 0.3 is 0 Å². The molecule has 1 aromatic heterocycles. The maximum absolute atomic E-state index is 11.9. The van der Waals surface area contributed by atoms with Gasteiger partial charge in [-0.2, -0.15) is 0 Å². The lowest BCUT2D eigenvalue weighted by Crippen LogP contribution is -2.48. The van der Waals surface area contributed by atoms with Crippen molar-refractivity contribution in [3.05, 3.63) is 24.0 Å². The van der Waals surface area contributed by atoms with Crippen molar-refractivity contribution in [2.75, 3.05) is 6.54 Å². The van der Waals surface area contributed by atoms with E-state index in [2.05, 4.69) is 4.98 Å². The van der Waals surface area contributed by atoms with Crippen LogP contribution in [-0.4, -0.2) is 28.4 Å². The van der Waals surface area contributed by atoms with E-state index in [0.29, 0.717) is 5.69 Å². The number of piperidine rings is 1. The Balaban J connectivity index is 2.10. The standard InChI is InChI=1S/C10H15N3O/c11-13-7-2-1-5-9(13)10(14)8-4-3-6-12-8/h3-4,6,9,12H,1-2,5,7,11H2. The fraction of sp³-hybridized carbons (Fsp3) is 0.500. The quantitative estimate of drug-likeness (QED) is 0.542. The van der Waals surface area contributed by atoms with Gasteiger partial charge in [-0.25, -0.2) is 5.01 Å². The molecule has 1 fully saturated rings. The van der Waals surface area contributed by atoms with Gasteiger partial charge in [-0.05, 0) is 25.0 Å². The van der Waals surface area contributed by atoms with Gasteiger partial charge in [0.2, 0.25) is 0 Å². The molecule has 1 atom stereocenters. The lowest BCUT2D eigenvalue weighted by Gasteiger charge is -2.30. The zero-order valence-corrected chi connectivity index (χ0v) is 8.07. The van der Waals surface area contributed by atoms with Crippen LogP contribution in [0.2, 0.25) is 0 Å². The predicted octanol–water partition coefficient (Wildman–Crippen LogP) is 0.926. The van der Waals surface area contributed by atoms with E-state index < -0.39 is 0 Å². The number of hydrogen-bond acceptors (Lipinski definition) is 3. The van der Waals surface area contributed by atoms with Gasteiger partial charge in [0.05, 0.1) is 11.7 Å². The largest absolute Gasteiger partial charge is 0.359 e. The van der Waals surface area contributed by atoms with Crippen LogP contribution >= 0.6 is 0 Å². The molecule has 3 N–H and O–H groups in total. The number of ketones is 1. The Morgan fingerprint density at radius 2 is 2.43 bits per heavy atom. The average Bonchev–Trinajstić information content (AvgIpc) is 2.70. The topological polar surface area (TPSA) is 62.1 Å². The first-order valence-corrected chi connectivity index (χ1v) is 4.98. The molecule has 0 bridgehead atoms. The number of aromatic nitrogens is 1. The molecular formula is C10H15N3O. The molecule has 0 aliphatic carbocycles. The lowest BCUT2D eigenvalue weighted by molar-refractivity contribution is 0.0743. The summed E-state index contributed by atoms with van der Waals surface area (Å²) in [4.78, 5) is 14.8. The normalized spacial score (nSPS) is 23.6. The molecule has 1 aliphatic heterocycles. The molecule has 1 aliphatic rings. The van der Waals surface area contributed by atoms with Crippen molar-refractivity contribution in [3.8, 4) is 0 Å². The van der Waals surface area contributed by atoms with Crippen molar-refractivity contribution in [1.82, 2.24) is 9.99 Å². The molecular weight excluding hydrogens is 178 g/mol. The monoisotopic (exact) mass is 193 g/mol. The van der Waals surface area contributed by atoms with Crippen LogP contribution in [0.5, 0.6) is 0 Å². The average molecular weight is 193 g/mol. The van der Waals surface area contributed by atoms with Gasteiger partial charge in [0.25, 0.3) is 0 Å². The third-order valence-corrected chi connectivity index (χ3v) is 2.71. The highest BCUT2D eigenvalue weighted by atomic mass is 16.1. The minimum absolute atomic E-state index is 0.109. The third kappa shape index (κ3) is 1.71. The number of rotatable bonds is 2. The molecule has 4 heteroatoms. The molecule has 0 radical (unpaired) electrons. The van der Waals surface area contributed by atoms with E-state index in [1.807, 2.05) is 6.07 Å². The van der Waals surface area contributed by atoms with Gasteiger partial charge in [-0.15, -0.1) is 0 Å². The summed E-state index contributed by atoms with van der Waals surface area (Å²) in [5.74, 6) is 5.89. The molecule has 14 heavy (non-hydrogen) atoms. The highest BCUT2D eigenvalue weighted by Crippen LogP contribution is 2.17. The summed E-state index contributed by atoms with van der Waals surface area (Å²) in [5.41, 5.74) is 0.660. The molecule has 4 nitrogen and oxygen atoms in total. The van der Waals surface area contributed by atoms with E-state index in [4.69, 9.17) is 5.84 Å². The van der Waals surface area contributed by atoms with Crippen LogP contribution in [-0.2, 0) is 0 Å². The first-order valence-electron chi connectivity index (χ1n) is 4.98. The van der Waals surface area contributed by atoms with Gasteiger partial charge in [0.1, 0.15) is 0 Å². The zero-order valence-electron chi connectivity index (χ0n) is 8.07. The number of aromatic amines is 1. The van der Waals surface area contributed by atoms with Crippen molar-refractivity contribution in [2.24, 2.45) is 5.84 Å². The molecule has 0 spiro atoms. The van der Waals surface area contributed by atoms with Gasteiger partial charge in [0, 0.05) is 12.7 Å². The predicted molar refractivity (Wildman–Crippen MR) is 53.7 cm³/mol. The molecule has 1 unspecified atom stereocenters. The summed E-state index contributed by atoms with van der Waals surface area (Å²) in [7, 11) is 0. The SMILES string of the molecule is NN1CCCCC1C(=O)c1ccc[nH]1. The number of nitrogens with one attached hydrogen (secondary N) is 1. The van der Waals surface area contributed by atoms with Crippen LogP contribution in [0.4, 0.5) is 0 Å². The van der Waals surface area contributed by atoms with E-state index in [9.17, 15) is 4.79 Å². The second-order valence-electron chi connectivity index (χ2n) is 3.70. The number of nitrogens with two attached hydrogens (primary N) is 1. The molecule has 2 heterocycles. The van der Waals surface area contributed by atoms with E-state index >= 15 is 0 Å². The number of H-pyrrole nitrogens is 1. The zero-order chi connectivity index (χ0) is 9.97. The molecule has 76 valence electrons. The summed E-state index contributed by atoms with van der Waals surface area (Å²) < 4.78 is 0. The van der Waals surface area contributed by atoms with E-state index in [0.717, 1.165) is 25.8 Å². The van der Waals surface area contributed by atoms with Gasteiger partial charge in [-0.3, -0.25) is 10.6 Å². The maximum Gasteiger partial charge on any atom is 0.197 e. The molecule has 1 saturated heterocycles. The number of carbonyl (C=O) groups excluding carboxylic acids is 1. The van der Waals surface area contributed by atoms with Gasteiger partial charge in [-0.1, -0.05) is 6.42 Å². The Hall–Kier alpha value is -1.13. The van der Waals surface area contributed by atoms with Crippen LogP contribution in [0.25, 0.3) is 0 Å². The second kappa shape index (κ2) is 3.94. The Bertz CT molecular complexity index is 307. The van der Waals surface area contributed by atoms with Crippen LogP contribution in [0.3, 0.4) is 0 Å². The lowest BCUT2D eigenvalue weighted by atomic mass is 9.99. The number of hydrazine groups is 1. The van der Waals surface area contributed by atoms with Crippen LogP contribution in [0.1, 0.15) is 29.8 Å². The maximum atomic E-state index is 11.9. The first-order chi connectivity index (χ1) is 6.79. The smallest absolute Gasteiger partial charge is 0.197 e. The van der Waals surface area contributed by atoms with Crippen molar-refractivity contribution < 1.29 is 4.79 Å². The van der Waals surface area contributed by atoms with Crippen LogP contribution < -0.4 is 5.84 Å². The summed E-state index contributed by atoms with van der Waals surface area (Å²) in [6.45, 7) is 0.817. The molecule has 0 aromatic carbocycles. The van der Waals surface area contributed by atoms with E-state index in [-0.39, 0.29) is 11.8 Å². The molecule has 2 rings (SSSR count). The minimum Gasteiger partial charge on any atom is -0.359 e. The minimum atomic E-state index is -0.137. The highest BCUT2D eigenvalue weighted by Gasteiger charge is 2.27. The van der Waals surface area contributed by atoms with E-state index in [1.54, 1.807) is 17.3 Å². The number of Topliss-reactive ketones (excluding diaryl/α,β-unsaturated/α-hetero) is 1. The summed E-state index contributed by atoms with van der Waals surface area (Å²) >= 11 is 0. The van der Waals surface area contributed by atoms with Crippen molar-refractivity contribution in [1.29, 1.82) is 0 Å². The Morgan fingerprint density at radius 1 is 1.57 bits per heavy atom. The first kappa shape index (κ1) is 9.43. The van der Waals surface area contributed by atoms with Crippen LogP contribution in [0, 0.1) is 0 Å².